The van der Waals surface area contributed by atoms with Crippen molar-refractivity contribution in [1.82, 2.24) is 0 Å². The lowest BCUT2D eigenvalue weighted by Crippen LogP contribution is -2.13. The van der Waals surface area contributed by atoms with Crippen LogP contribution >= 0.6 is 0 Å². The standard InChI is InChI=1S/C31H35FO4/c1-7-8-23(18-30(33)35-6)22-10-12-24(13-11-22)36-20-21-9-15-28(31(2,3)4)26(17-21)27-19-25(34-5)14-16-29(27)32/h7-17,19,23H,18,20H2,1-6H3/t23-/m0/s1. The molecule has 5 heteroatoms. The predicted octanol–water partition coefficient (Wildman–Crippen LogP) is 7.60. The minimum Gasteiger partial charge on any atom is -0.497 e. The molecule has 1 atom stereocenters. The highest BCUT2D eigenvalue weighted by Gasteiger charge is 2.21. The third kappa shape index (κ3) is 6.75. The van der Waals surface area contributed by atoms with E-state index in [-0.39, 0.29) is 29.5 Å². The third-order valence-corrected chi connectivity index (χ3v) is 6.11. The maximum absolute atomic E-state index is 14.9. The molecule has 0 bridgehead atoms. The van der Waals surface area contributed by atoms with Crippen LogP contribution in [0.5, 0.6) is 11.5 Å². The van der Waals surface area contributed by atoms with Gasteiger partial charge in [0.15, 0.2) is 0 Å². The lowest BCUT2D eigenvalue weighted by atomic mass is 9.81. The van der Waals surface area contributed by atoms with Crippen molar-refractivity contribution in [1.29, 1.82) is 0 Å². The number of hydrogen-bond donors (Lipinski definition) is 0. The second kappa shape index (κ2) is 11.9. The molecule has 0 radical (unpaired) electrons. The molecule has 0 aliphatic rings. The van der Waals surface area contributed by atoms with E-state index in [2.05, 4.69) is 20.8 Å². The summed E-state index contributed by atoms with van der Waals surface area (Å²) in [6.45, 7) is 8.61. The van der Waals surface area contributed by atoms with Crippen molar-refractivity contribution in [2.24, 2.45) is 0 Å². The molecule has 0 unspecified atom stereocenters. The molecule has 36 heavy (non-hydrogen) atoms. The summed E-state index contributed by atoms with van der Waals surface area (Å²) in [6.07, 6.45) is 4.20. The predicted molar refractivity (Wildman–Crippen MR) is 142 cm³/mol. The van der Waals surface area contributed by atoms with Gasteiger partial charge in [-0.05, 0) is 71.0 Å². The van der Waals surface area contributed by atoms with Crippen molar-refractivity contribution in [3.63, 3.8) is 0 Å². The molecule has 0 aliphatic carbocycles. The van der Waals surface area contributed by atoms with Crippen LogP contribution in [0.15, 0.2) is 72.8 Å². The zero-order valence-corrected chi connectivity index (χ0v) is 21.9. The van der Waals surface area contributed by atoms with Crippen LogP contribution < -0.4 is 9.47 Å². The first-order chi connectivity index (χ1) is 17.2. The lowest BCUT2D eigenvalue weighted by Gasteiger charge is -2.24. The van der Waals surface area contributed by atoms with Gasteiger partial charge in [-0.25, -0.2) is 4.39 Å². The van der Waals surface area contributed by atoms with Crippen molar-refractivity contribution >= 4 is 5.97 Å². The minimum atomic E-state index is -0.294. The number of rotatable bonds is 9. The van der Waals surface area contributed by atoms with Crippen LogP contribution in [0, 0.1) is 5.82 Å². The fraction of sp³-hybridized carbons (Fsp3) is 0.323. The number of hydrogen-bond acceptors (Lipinski definition) is 4. The van der Waals surface area contributed by atoms with E-state index in [9.17, 15) is 9.18 Å². The van der Waals surface area contributed by atoms with Gasteiger partial charge in [-0.3, -0.25) is 4.79 Å². The number of ether oxygens (including phenoxy) is 3. The summed E-state index contributed by atoms with van der Waals surface area (Å²) in [5.74, 6) is 0.723. The van der Waals surface area contributed by atoms with Crippen LogP contribution in [0.25, 0.3) is 11.1 Å². The topological polar surface area (TPSA) is 44.8 Å². The van der Waals surface area contributed by atoms with Gasteiger partial charge in [0.25, 0.3) is 0 Å². The van der Waals surface area contributed by atoms with Crippen molar-refractivity contribution in [3.05, 3.63) is 95.3 Å². The molecule has 0 N–H and O–H groups in total. The van der Waals surface area contributed by atoms with Crippen molar-refractivity contribution < 1.29 is 23.4 Å². The van der Waals surface area contributed by atoms with Gasteiger partial charge in [-0.15, -0.1) is 0 Å². The molecule has 190 valence electrons. The Hall–Kier alpha value is -3.60. The third-order valence-electron chi connectivity index (χ3n) is 6.11. The Morgan fingerprint density at radius 2 is 1.64 bits per heavy atom. The molecule has 3 aromatic rings. The molecule has 0 fully saturated rings. The number of benzene rings is 3. The smallest absolute Gasteiger partial charge is 0.306 e. The zero-order valence-electron chi connectivity index (χ0n) is 21.9. The van der Waals surface area contributed by atoms with E-state index < -0.39 is 0 Å². The molecule has 3 rings (SSSR count). The molecular formula is C31H35FO4. The van der Waals surface area contributed by atoms with E-state index in [0.717, 1.165) is 22.3 Å². The molecule has 0 aliphatic heterocycles. The first-order valence-corrected chi connectivity index (χ1v) is 12.1. The second-order valence-electron chi connectivity index (χ2n) is 9.75. The summed E-state index contributed by atoms with van der Waals surface area (Å²) in [5.41, 5.74) is 4.15. The number of carbonyl (C=O) groups excluding carboxylic acids is 1. The van der Waals surface area contributed by atoms with Gasteiger partial charge in [0.05, 0.1) is 20.6 Å². The highest BCUT2D eigenvalue weighted by molar-refractivity contribution is 5.72. The summed E-state index contributed by atoms with van der Waals surface area (Å²) in [4.78, 5) is 11.8. The molecule has 0 spiro atoms. The van der Waals surface area contributed by atoms with Gasteiger partial charge < -0.3 is 14.2 Å². The summed E-state index contributed by atoms with van der Waals surface area (Å²) in [6, 6.07) is 18.6. The first kappa shape index (κ1) is 27.0. The van der Waals surface area contributed by atoms with Gasteiger partial charge in [0.2, 0.25) is 0 Å². The summed E-state index contributed by atoms with van der Waals surface area (Å²) >= 11 is 0. The van der Waals surface area contributed by atoms with Crippen molar-refractivity contribution in [3.8, 4) is 22.6 Å². The van der Waals surface area contributed by atoms with E-state index in [1.807, 2.05) is 61.5 Å². The summed E-state index contributed by atoms with van der Waals surface area (Å²) < 4.78 is 31.1. The summed E-state index contributed by atoms with van der Waals surface area (Å²) in [5, 5.41) is 0. The van der Waals surface area contributed by atoms with Gasteiger partial charge in [-0.1, -0.05) is 57.2 Å². The highest BCUT2D eigenvalue weighted by Crippen LogP contribution is 2.37. The van der Waals surface area contributed by atoms with Crippen LogP contribution in [0.3, 0.4) is 0 Å². The first-order valence-electron chi connectivity index (χ1n) is 12.1. The Kier molecular flexibility index (Phi) is 8.92. The average molecular weight is 491 g/mol. The van der Waals surface area contributed by atoms with E-state index in [4.69, 9.17) is 14.2 Å². The Morgan fingerprint density at radius 1 is 0.944 bits per heavy atom. The van der Waals surface area contributed by atoms with Gasteiger partial charge in [0, 0.05) is 11.5 Å². The average Bonchev–Trinajstić information content (AvgIpc) is 2.87. The lowest BCUT2D eigenvalue weighted by molar-refractivity contribution is -0.140. The molecule has 4 nitrogen and oxygen atoms in total. The Labute approximate surface area is 213 Å². The fourth-order valence-electron chi connectivity index (χ4n) is 4.17. The second-order valence-corrected chi connectivity index (χ2v) is 9.75. The number of halogens is 1. The van der Waals surface area contributed by atoms with Crippen molar-refractivity contribution in [2.75, 3.05) is 14.2 Å². The van der Waals surface area contributed by atoms with Crippen LogP contribution in [0.1, 0.15) is 56.7 Å². The number of methoxy groups -OCH3 is 2. The molecule has 3 aromatic carbocycles. The summed E-state index contributed by atoms with van der Waals surface area (Å²) in [7, 11) is 2.97. The normalized spacial score (nSPS) is 12.4. The number of esters is 1. The van der Waals surface area contributed by atoms with Crippen LogP contribution in [-0.2, 0) is 21.6 Å². The molecule has 0 saturated heterocycles. The van der Waals surface area contributed by atoms with Gasteiger partial charge in [-0.2, -0.15) is 0 Å². The van der Waals surface area contributed by atoms with E-state index in [1.54, 1.807) is 19.2 Å². The quantitative estimate of drug-likeness (QED) is 0.229. The maximum Gasteiger partial charge on any atom is 0.306 e. The van der Waals surface area contributed by atoms with Gasteiger partial charge in [0.1, 0.15) is 23.9 Å². The Balaban J connectivity index is 1.84. The SMILES string of the molecule is CC=C[C@@H](CC(=O)OC)c1ccc(OCc2ccc(C(C)(C)C)c(-c3cc(OC)ccc3F)c2)cc1. The Morgan fingerprint density at radius 3 is 2.25 bits per heavy atom. The number of carbonyl (C=O) groups is 1. The van der Waals surface area contributed by atoms with Gasteiger partial charge >= 0.3 is 5.97 Å². The molecular weight excluding hydrogens is 455 g/mol. The monoisotopic (exact) mass is 490 g/mol. The highest BCUT2D eigenvalue weighted by atomic mass is 19.1. The van der Waals surface area contributed by atoms with E-state index in [0.29, 0.717) is 23.7 Å². The molecule has 0 heterocycles. The molecule has 0 amide bonds. The fourth-order valence-corrected chi connectivity index (χ4v) is 4.17. The van der Waals surface area contributed by atoms with Crippen LogP contribution in [0.4, 0.5) is 4.39 Å². The molecule has 0 saturated carbocycles. The Bertz CT molecular complexity index is 1210. The van der Waals surface area contributed by atoms with E-state index in [1.165, 1.54) is 13.2 Å². The van der Waals surface area contributed by atoms with Crippen LogP contribution in [0.2, 0.25) is 0 Å². The number of allylic oxidation sites excluding steroid dienone is 2. The maximum atomic E-state index is 14.9. The zero-order chi connectivity index (χ0) is 26.3. The molecule has 0 aromatic heterocycles. The minimum absolute atomic E-state index is 0.0539. The van der Waals surface area contributed by atoms with E-state index >= 15 is 0 Å². The largest absolute Gasteiger partial charge is 0.497 e. The van der Waals surface area contributed by atoms with Crippen molar-refractivity contribution in [2.45, 2.75) is 52.1 Å². The van der Waals surface area contributed by atoms with Crippen LogP contribution in [-0.4, -0.2) is 20.2 Å².